The first kappa shape index (κ1) is 11.9. The monoisotopic (exact) mass is 234 g/mol. The molecule has 1 amide bonds. The number of pyridine rings is 1. The van der Waals surface area contributed by atoms with Crippen LogP contribution in [0.2, 0.25) is 0 Å². The van der Waals surface area contributed by atoms with E-state index in [0.717, 1.165) is 19.4 Å². The maximum atomic E-state index is 12.2. The molecule has 4 N–H and O–H groups in total. The van der Waals surface area contributed by atoms with Gasteiger partial charge in [0.1, 0.15) is 5.82 Å². The summed E-state index contributed by atoms with van der Waals surface area (Å²) in [5.74, 6) is 0.401. The van der Waals surface area contributed by atoms with Crippen LogP contribution in [0.25, 0.3) is 0 Å². The van der Waals surface area contributed by atoms with Crippen molar-refractivity contribution in [3.8, 4) is 0 Å². The molecule has 1 unspecified atom stereocenters. The van der Waals surface area contributed by atoms with Crippen LogP contribution >= 0.6 is 0 Å². The smallest absolute Gasteiger partial charge is 0.255 e. The van der Waals surface area contributed by atoms with Crippen molar-refractivity contribution in [2.75, 3.05) is 18.8 Å². The van der Waals surface area contributed by atoms with Gasteiger partial charge in [-0.1, -0.05) is 0 Å². The van der Waals surface area contributed by atoms with Crippen LogP contribution < -0.4 is 11.5 Å². The van der Waals surface area contributed by atoms with Crippen molar-refractivity contribution in [1.82, 2.24) is 9.88 Å². The molecule has 1 fully saturated rings. The standard InChI is InChI=1S/C12H18N4O/c1-12(14)5-2-6-16(8-12)11(17)9-3-4-10(13)15-7-9/h3-4,7H,2,5-6,8,14H2,1H3,(H2,13,15). The van der Waals surface area contributed by atoms with Crippen molar-refractivity contribution >= 4 is 11.7 Å². The van der Waals surface area contributed by atoms with Crippen LogP contribution in [0, 0.1) is 0 Å². The van der Waals surface area contributed by atoms with Gasteiger partial charge in [-0.3, -0.25) is 4.79 Å². The van der Waals surface area contributed by atoms with Gasteiger partial charge in [0.25, 0.3) is 5.91 Å². The van der Waals surface area contributed by atoms with Gasteiger partial charge < -0.3 is 16.4 Å². The molecular weight excluding hydrogens is 216 g/mol. The molecular formula is C12H18N4O. The fourth-order valence-electron chi connectivity index (χ4n) is 2.16. The van der Waals surface area contributed by atoms with Gasteiger partial charge in [-0.25, -0.2) is 4.98 Å². The summed E-state index contributed by atoms with van der Waals surface area (Å²) in [6.07, 6.45) is 3.41. The molecule has 2 rings (SSSR count). The summed E-state index contributed by atoms with van der Waals surface area (Å²) in [5, 5.41) is 0. The lowest BCUT2D eigenvalue weighted by Crippen LogP contribution is -2.53. The van der Waals surface area contributed by atoms with Gasteiger partial charge in [-0.2, -0.15) is 0 Å². The van der Waals surface area contributed by atoms with Crippen molar-refractivity contribution in [1.29, 1.82) is 0 Å². The third-order valence-corrected chi connectivity index (χ3v) is 3.05. The highest BCUT2D eigenvalue weighted by Crippen LogP contribution is 2.19. The number of amides is 1. The van der Waals surface area contributed by atoms with E-state index in [1.54, 1.807) is 17.0 Å². The van der Waals surface area contributed by atoms with E-state index in [9.17, 15) is 4.79 Å². The Morgan fingerprint density at radius 1 is 1.53 bits per heavy atom. The summed E-state index contributed by atoms with van der Waals surface area (Å²) in [6.45, 7) is 3.33. The molecule has 5 nitrogen and oxygen atoms in total. The van der Waals surface area contributed by atoms with Crippen molar-refractivity contribution in [3.05, 3.63) is 23.9 Å². The predicted octanol–water partition coefficient (Wildman–Crippen LogP) is 0.617. The molecule has 0 radical (unpaired) electrons. The molecule has 0 bridgehead atoms. The van der Waals surface area contributed by atoms with Crippen LogP contribution in [0.4, 0.5) is 5.82 Å². The van der Waals surface area contributed by atoms with Gasteiger partial charge in [0, 0.05) is 24.8 Å². The second kappa shape index (κ2) is 4.33. The van der Waals surface area contributed by atoms with Crippen LogP contribution in [0.1, 0.15) is 30.1 Å². The number of likely N-dealkylation sites (tertiary alicyclic amines) is 1. The number of carbonyl (C=O) groups excluding carboxylic acids is 1. The van der Waals surface area contributed by atoms with Crippen LogP contribution in [0.5, 0.6) is 0 Å². The number of carbonyl (C=O) groups is 1. The molecule has 0 spiro atoms. The topological polar surface area (TPSA) is 85.2 Å². The molecule has 0 aromatic carbocycles. The average molecular weight is 234 g/mol. The summed E-state index contributed by atoms with van der Waals surface area (Å²) in [5.41, 5.74) is 11.9. The number of hydrogen-bond donors (Lipinski definition) is 2. The number of nitrogens with zero attached hydrogens (tertiary/aromatic N) is 2. The van der Waals surface area contributed by atoms with Crippen molar-refractivity contribution < 1.29 is 4.79 Å². The summed E-state index contributed by atoms with van der Waals surface area (Å²) in [7, 11) is 0. The molecule has 0 saturated carbocycles. The zero-order valence-electron chi connectivity index (χ0n) is 10.0. The summed E-state index contributed by atoms with van der Waals surface area (Å²) >= 11 is 0. The fourth-order valence-corrected chi connectivity index (χ4v) is 2.16. The van der Waals surface area contributed by atoms with Gasteiger partial charge in [0.05, 0.1) is 5.56 Å². The minimum atomic E-state index is -0.283. The molecule has 0 aliphatic carbocycles. The minimum Gasteiger partial charge on any atom is -0.384 e. The molecule has 17 heavy (non-hydrogen) atoms. The van der Waals surface area contributed by atoms with E-state index in [4.69, 9.17) is 11.5 Å². The maximum absolute atomic E-state index is 12.2. The molecule has 1 saturated heterocycles. The summed E-state index contributed by atoms with van der Waals surface area (Å²) < 4.78 is 0. The first-order chi connectivity index (χ1) is 7.98. The lowest BCUT2D eigenvalue weighted by atomic mass is 9.92. The van der Waals surface area contributed by atoms with Gasteiger partial charge in [0.15, 0.2) is 0 Å². The van der Waals surface area contributed by atoms with E-state index < -0.39 is 0 Å². The summed E-state index contributed by atoms with van der Waals surface area (Å²) in [4.78, 5) is 17.9. The zero-order chi connectivity index (χ0) is 12.5. The molecule has 5 heteroatoms. The van der Waals surface area contributed by atoms with E-state index in [1.807, 2.05) is 6.92 Å². The summed E-state index contributed by atoms with van der Waals surface area (Å²) in [6, 6.07) is 3.34. The number of aromatic nitrogens is 1. The van der Waals surface area contributed by atoms with Crippen molar-refractivity contribution in [2.45, 2.75) is 25.3 Å². The molecule has 2 heterocycles. The second-order valence-electron chi connectivity index (χ2n) is 4.96. The third-order valence-electron chi connectivity index (χ3n) is 3.05. The number of nitrogens with two attached hydrogens (primary N) is 2. The first-order valence-electron chi connectivity index (χ1n) is 5.78. The normalized spacial score (nSPS) is 24.7. The van der Waals surface area contributed by atoms with Crippen LogP contribution in [-0.2, 0) is 0 Å². The van der Waals surface area contributed by atoms with Crippen molar-refractivity contribution in [3.63, 3.8) is 0 Å². The Morgan fingerprint density at radius 2 is 2.29 bits per heavy atom. The van der Waals surface area contributed by atoms with Gasteiger partial charge >= 0.3 is 0 Å². The second-order valence-corrected chi connectivity index (χ2v) is 4.96. The largest absolute Gasteiger partial charge is 0.384 e. The van der Waals surface area contributed by atoms with Gasteiger partial charge in [0.2, 0.25) is 0 Å². The maximum Gasteiger partial charge on any atom is 0.255 e. The number of hydrogen-bond acceptors (Lipinski definition) is 4. The van der Waals surface area contributed by atoms with Crippen LogP contribution in [0.3, 0.4) is 0 Å². The van der Waals surface area contributed by atoms with Crippen LogP contribution in [0.15, 0.2) is 18.3 Å². The third kappa shape index (κ3) is 2.74. The molecule has 1 aliphatic rings. The van der Waals surface area contributed by atoms with Crippen LogP contribution in [-0.4, -0.2) is 34.4 Å². The van der Waals surface area contributed by atoms with E-state index in [0.29, 0.717) is 17.9 Å². The molecule has 92 valence electrons. The van der Waals surface area contributed by atoms with E-state index >= 15 is 0 Å². The molecule has 1 aliphatic heterocycles. The SMILES string of the molecule is CC1(N)CCCN(C(=O)c2ccc(N)nc2)C1. The number of nitrogen functional groups attached to an aromatic ring is 1. The highest BCUT2D eigenvalue weighted by molar-refractivity contribution is 5.94. The Hall–Kier alpha value is -1.62. The fraction of sp³-hybridized carbons (Fsp3) is 0.500. The Balaban J connectivity index is 2.12. The van der Waals surface area contributed by atoms with Crippen molar-refractivity contribution in [2.24, 2.45) is 5.73 Å². The Bertz CT molecular complexity index is 413. The highest BCUT2D eigenvalue weighted by atomic mass is 16.2. The quantitative estimate of drug-likeness (QED) is 0.745. The Kier molecular flexibility index (Phi) is 3.02. The lowest BCUT2D eigenvalue weighted by Gasteiger charge is -2.37. The minimum absolute atomic E-state index is 0.0196. The lowest BCUT2D eigenvalue weighted by molar-refractivity contribution is 0.0656. The average Bonchev–Trinajstić information content (AvgIpc) is 2.28. The van der Waals surface area contributed by atoms with Gasteiger partial charge in [-0.15, -0.1) is 0 Å². The predicted molar refractivity (Wildman–Crippen MR) is 66.4 cm³/mol. The number of anilines is 1. The van der Waals surface area contributed by atoms with E-state index in [1.165, 1.54) is 6.20 Å². The van der Waals surface area contributed by atoms with Gasteiger partial charge in [-0.05, 0) is 31.9 Å². The van der Waals surface area contributed by atoms with E-state index in [-0.39, 0.29) is 11.4 Å². The Morgan fingerprint density at radius 3 is 2.88 bits per heavy atom. The molecule has 1 atom stereocenters. The highest BCUT2D eigenvalue weighted by Gasteiger charge is 2.30. The zero-order valence-corrected chi connectivity index (χ0v) is 10.0. The number of piperidine rings is 1. The Labute approximate surface area is 101 Å². The molecule has 1 aromatic heterocycles. The molecule has 1 aromatic rings. The van der Waals surface area contributed by atoms with E-state index in [2.05, 4.69) is 4.98 Å². The first-order valence-corrected chi connectivity index (χ1v) is 5.78. The number of rotatable bonds is 1.